The second kappa shape index (κ2) is 8.23. The molecule has 2 aromatic carbocycles. The zero-order chi connectivity index (χ0) is 21.3. The Kier molecular flexibility index (Phi) is 5.65. The molecule has 9 nitrogen and oxygen atoms in total. The molecular formula is C19H19ClN4O5S. The van der Waals surface area contributed by atoms with Crippen LogP contribution in [-0.2, 0) is 14.8 Å². The minimum atomic E-state index is -3.92. The van der Waals surface area contributed by atoms with E-state index in [0.29, 0.717) is 23.3 Å². The van der Waals surface area contributed by atoms with Gasteiger partial charge >= 0.3 is 5.69 Å². The van der Waals surface area contributed by atoms with Crippen LogP contribution in [0.5, 0.6) is 0 Å². The van der Waals surface area contributed by atoms with Gasteiger partial charge in [0.15, 0.2) is 0 Å². The highest BCUT2D eigenvalue weighted by Crippen LogP contribution is 2.24. The maximum atomic E-state index is 12.7. The molecule has 0 spiro atoms. The fourth-order valence-corrected chi connectivity index (χ4v) is 4.84. The van der Waals surface area contributed by atoms with Crippen LogP contribution in [0.4, 0.5) is 5.69 Å². The van der Waals surface area contributed by atoms with Crippen molar-refractivity contribution < 1.29 is 17.9 Å². The third kappa shape index (κ3) is 4.41. The highest BCUT2D eigenvalue weighted by atomic mass is 35.5. The fraction of sp³-hybridized carbons (Fsp3) is 0.263. The van der Waals surface area contributed by atoms with E-state index in [9.17, 15) is 18.0 Å². The van der Waals surface area contributed by atoms with Gasteiger partial charge in [-0.05, 0) is 49.2 Å². The van der Waals surface area contributed by atoms with Gasteiger partial charge in [-0.3, -0.25) is 4.79 Å². The number of amides is 1. The summed E-state index contributed by atoms with van der Waals surface area (Å²) < 4.78 is 33.3. The second-order valence-electron chi connectivity index (χ2n) is 6.93. The molecule has 2 heterocycles. The van der Waals surface area contributed by atoms with E-state index in [-0.39, 0.29) is 33.8 Å². The molecule has 0 bridgehead atoms. The summed E-state index contributed by atoms with van der Waals surface area (Å²) in [5.41, 5.74) is 1.36. The van der Waals surface area contributed by atoms with E-state index in [4.69, 9.17) is 16.3 Å². The standard InChI is InChI=1S/C19H19ClN4O5S/c20-14-5-3-11(8-17(14)30(27,28)21-10-13-2-1-7-29-13)18(25)22-12-4-6-15-16(9-12)24-19(26)23-15/h3-6,8-9,13,21H,1-2,7,10H2,(H,22,25)(H2,23,24,26)/t13-/m0/s1. The summed E-state index contributed by atoms with van der Waals surface area (Å²) >= 11 is 6.09. The molecule has 1 aliphatic rings. The van der Waals surface area contributed by atoms with Crippen molar-refractivity contribution in [2.75, 3.05) is 18.5 Å². The van der Waals surface area contributed by atoms with Crippen LogP contribution in [0, 0.1) is 0 Å². The van der Waals surface area contributed by atoms with Gasteiger partial charge in [0.2, 0.25) is 10.0 Å². The number of H-pyrrole nitrogens is 2. The van der Waals surface area contributed by atoms with E-state index >= 15 is 0 Å². The van der Waals surface area contributed by atoms with Crippen molar-refractivity contribution in [2.24, 2.45) is 0 Å². The number of nitrogens with one attached hydrogen (secondary N) is 4. The van der Waals surface area contributed by atoms with Crippen LogP contribution >= 0.6 is 11.6 Å². The first-order valence-electron chi connectivity index (χ1n) is 9.26. The molecule has 158 valence electrons. The topological polar surface area (TPSA) is 133 Å². The van der Waals surface area contributed by atoms with E-state index in [1.165, 1.54) is 18.2 Å². The number of fused-ring (bicyclic) bond motifs is 1. The molecule has 0 unspecified atom stereocenters. The number of hydrogen-bond donors (Lipinski definition) is 4. The van der Waals surface area contributed by atoms with Gasteiger partial charge in [-0.25, -0.2) is 17.9 Å². The van der Waals surface area contributed by atoms with Crippen LogP contribution in [0.2, 0.25) is 5.02 Å². The smallest absolute Gasteiger partial charge is 0.323 e. The molecule has 4 rings (SSSR count). The molecule has 3 aromatic rings. The molecule has 1 atom stereocenters. The molecule has 4 N–H and O–H groups in total. The molecule has 1 amide bonds. The molecule has 30 heavy (non-hydrogen) atoms. The number of benzene rings is 2. The third-order valence-corrected chi connectivity index (χ3v) is 6.69. The number of aromatic nitrogens is 2. The molecule has 0 radical (unpaired) electrons. The SMILES string of the molecule is O=C(Nc1ccc2[nH]c(=O)[nH]c2c1)c1ccc(Cl)c(S(=O)(=O)NC[C@@H]2CCCO2)c1. The summed E-state index contributed by atoms with van der Waals surface area (Å²) in [6, 6.07) is 8.90. The first kappa shape index (κ1) is 20.6. The fourth-order valence-electron chi connectivity index (χ4n) is 3.25. The summed E-state index contributed by atoms with van der Waals surface area (Å²) in [6.07, 6.45) is 1.51. The highest BCUT2D eigenvalue weighted by molar-refractivity contribution is 7.89. The molecule has 0 saturated carbocycles. The molecule has 1 saturated heterocycles. The number of imidazole rings is 1. The van der Waals surface area contributed by atoms with Crippen LogP contribution in [0.25, 0.3) is 11.0 Å². The predicted molar refractivity (Wildman–Crippen MR) is 112 cm³/mol. The number of anilines is 1. The van der Waals surface area contributed by atoms with Crippen molar-refractivity contribution in [3.05, 3.63) is 57.5 Å². The molecule has 1 aromatic heterocycles. The average Bonchev–Trinajstić information content (AvgIpc) is 3.35. The lowest BCUT2D eigenvalue weighted by atomic mass is 10.2. The van der Waals surface area contributed by atoms with Crippen molar-refractivity contribution in [3.63, 3.8) is 0 Å². The minimum absolute atomic E-state index is 0.0118. The van der Waals surface area contributed by atoms with Gasteiger partial charge in [0.25, 0.3) is 5.91 Å². The number of halogens is 1. The quantitative estimate of drug-likeness (QED) is 0.457. The summed E-state index contributed by atoms with van der Waals surface area (Å²) in [6.45, 7) is 0.759. The van der Waals surface area contributed by atoms with Gasteiger partial charge in [-0.1, -0.05) is 11.6 Å². The van der Waals surface area contributed by atoms with Crippen LogP contribution in [-0.4, -0.2) is 43.5 Å². The first-order valence-corrected chi connectivity index (χ1v) is 11.1. The Labute approximate surface area is 176 Å². The number of carbonyl (C=O) groups is 1. The van der Waals surface area contributed by atoms with Crippen molar-refractivity contribution in [3.8, 4) is 0 Å². The van der Waals surface area contributed by atoms with Gasteiger partial charge in [-0.2, -0.15) is 0 Å². The molecular weight excluding hydrogens is 432 g/mol. The summed E-state index contributed by atoms with van der Waals surface area (Å²) in [7, 11) is -3.92. The van der Waals surface area contributed by atoms with E-state index in [2.05, 4.69) is 20.0 Å². The summed E-state index contributed by atoms with van der Waals surface area (Å²) in [4.78, 5) is 29.0. The second-order valence-corrected chi connectivity index (χ2v) is 9.07. The molecule has 1 aliphatic heterocycles. The molecule has 0 aliphatic carbocycles. The number of carbonyl (C=O) groups excluding carboxylic acids is 1. The molecule has 1 fully saturated rings. The van der Waals surface area contributed by atoms with Crippen LogP contribution in [0.1, 0.15) is 23.2 Å². The number of sulfonamides is 1. The van der Waals surface area contributed by atoms with Gasteiger partial charge in [0.1, 0.15) is 4.90 Å². The number of hydrogen-bond acceptors (Lipinski definition) is 5. The van der Waals surface area contributed by atoms with Crippen molar-refractivity contribution in [1.82, 2.24) is 14.7 Å². The van der Waals surface area contributed by atoms with E-state index in [1.807, 2.05) is 0 Å². The Balaban J connectivity index is 1.53. The zero-order valence-corrected chi connectivity index (χ0v) is 17.3. The van der Waals surface area contributed by atoms with Crippen molar-refractivity contribution >= 4 is 44.3 Å². The number of ether oxygens (including phenoxy) is 1. The first-order chi connectivity index (χ1) is 14.3. The van der Waals surface area contributed by atoms with E-state index in [0.717, 1.165) is 12.8 Å². The zero-order valence-electron chi connectivity index (χ0n) is 15.7. The monoisotopic (exact) mass is 450 g/mol. The molecule has 11 heteroatoms. The lowest BCUT2D eigenvalue weighted by molar-refractivity contribution is 0.102. The van der Waals surface area contributed by atoms with Crippen LogP contribution in [0.15, 0.2) is 46.1 Å². The Bertz CT molecular complexity index is 1260. The normalized spacial score (nSPS) is 16.8. The Morgan fingerprint density at radius 1 is 1.17 bits per heavy atom. The summed E-state index contributed by atoms with van der Waals surface area (Å²) in [5, 5.41) is 2.69. The van der Waals surface area contributed by atoms with Crippen molar-refractivity contribution in [2.45, 2.75) is 23.8 Å². The Hall–Kier alpha value is -2.66. The maximum Gasteiger partial charge on any atom is 0.323 e. The van der Waals surface area contributed by atoms with Crippen molar-refractivity contribution in [1.29, 1.82) is 0 Å². The third-order valence-electron chi connectivity index (χ3n) is 4.78. The number of aromatic amines is 2. The Morgan fingerprint density at radius 3 is 2.73 bits per heavy atom. The average molecular weight is 451 g/mol. The van der Waals surface area contributed by atoms with E-state index < -0.39 is 15.9 Å². The lowest BCUT2D eigenvalue weighted by Gasteiger charge is -2.13. The lowest BCUT2D eigenvalue weighted by Crippen LogP contribution is -2.32. The van der Waals surface area contributed by atoms with Gasteiger partial charge in [-0.15, -0.1) is 0 Å². The van der Waals surface area contributed by atoms with Crippen LogP contribution < -0.4 is 15.7 Å². The van der Waals surface area contributed by atoms with Gasteiger partial charge < -0.3 is 20.0 Å². The van der Waals surface area contributed by atoms with Crippen LogP contribution in [0.3, 0.4) is 0 Å². The maximum absolute atomic E-state index is 12.7. The number of rotatable bonds is 6. The van der Waals surface area contributed by atoms with Gasteiger partial charge in [0, 0.05) is 24.4 Å². The Morgan fingerprint density at radius 2 is 1.97 bits per heavy atom. The minimum Gasteiger partial charge on any atom is -0.377 e. The summed E-state index contributed by atoms with van der Waals surface area (Å²) in [5.74, 6) is -0.514. The largest absolute Gasteiger partial charge is 0.377 e. The van der Waals surface area contributed by atoms with E-state index in [1.54, 1.807) is 18.2 Å². The predicted octanol–water partition coefficient (Wildman–Crippen LogP) is 2.22. The van der Waals surface area contributed by atoms with Gasteiger partial charge in [0.05, 0.1) is 22.2 Å². The highest BCUT2D eigenvalue weighted by Gasteiger charge is 2.23.